The molecule has 0 radical (unpaired) electrons. The van der Waals surface area contributed by atoms with E-state index in [1.807, 2.05) is 4.90 Å². The summed E-state index contributed by atoms with van der Waals surface area (Å²) in [5.41, 5.74) is 0.819. The second kappa shape index (κ2) is 9.87. The van der Waals surface area contributed by atoms with Gasteiger partial charge in [-0.15, -0.1) is 0 Å². The van der Waals surface area contributed by atoms with E-state index in [9.17, 15) is 9.18 Å². The number of nitrogens with zero attached hydrogens (tertiary/aromatic N) is 2. The first-order valence-corrected chi connectivity index (χ1v) is 11.3. The number of carbonyl (C=O) groups excluding carboxylic acids is 1. The summed E-state index contributed by atoms with van der Waals surface area (Å²) in [4.78, 5) is 17.0. The number of carbonyl (C=O) groups is 1. The lowest BCUT2D eigenvalue weighted by Gasteiger charge is -2.48. The molecule has 156 valence electrons. The average molecular weight is 389 g/mol. The van der Waals surface area contributed by atoms with Crippen LogP contribution in [-0.2, 0) is 4.79 Å². The van der Waals surface area contributed by atoms with Crippen molar-refractivity contribution in [2.24, 2.45) is 11.8 Å². The van der Waals surface area contributed by atoms with Crippen LogP contribution in [-0.4, -0.2) is 36.0 Å². The molecule has 0 spiro atoms. The van der Waals surface area contributed by atoms with Crippen LogP contribution in [0.5, 0.6) is 0 Å². The van der Waals surface area contributed by atoms with E-state index in [4.69, 9.17) is 0 Å². The van der Waals surface area contributed by atoms with Gasteiger partial charge in [-0.05, 0) is 68.2 Å². The zero-order chi connectivity index (χ0) is 20.1. The molecular weight excluding hydrogens is 351 g/mol. The van der Waals surface area contributed by atoms with E-state index in [2.05, 4.69) is 18.7 Å². The van der Waals surface area contributed by atoms with Crippen molar-refractivity contribution in [1.82, 2.24) is 4.90 Å². The molecule has 3 atom stereocenters. The predicted octanol–water partition coefficient (Wildman–Crippen LogP) is 5.64. The van der Waals surface area contributed by atoms with Gasteiger partial charge in [0.25, 0.3) is 0 Å². The Labute approximate surface area is 170 Å². The van der Waals surface area contributed by atoms with Gasteiger partial charge in [-0.2, -0.15) is 0 Å². The predicted molar refractivity (Wildman–Crippen MR) is 114 cm³/mol. The standard InChI is InChI=1S/C24H37FN2O/c1-4-5-8-20-9-6-7-18(2)24(20)26-16-14-23(15-17-26)27(19(3)28)22-12-10-21(25)11-13-22/h10-13,18,20,23-24H,4-9,14-17H2,1-3H3. The molecule has 2 fully saturated rings. The maximum absolute atomic E-state index is 13.3. The number of anilines is 1. The van der Waals surface area contributed by atoms with Crippen LogP contribution in [0.25, 0.3) is 0 Å². The molecule has 1 aliphatic heterocycles. The van der Waals surface area contributed by atoms with Gasteiger partial charge in [-0.1, -0.05) is 33.1 Å². The maximum atomic E-state index is 13.3. The van der Waals surface area contributed by atoms with Crippen LogP contribution in [0.3, 0.4) is 0 Å². The number of rotatable bonds is 6. The van der Waals surface area contributed by atoms with Crippen molar-refractivity contribution in [2.45, 2.75) is 84.2 Å². The van der Waals surface area contributed by atoms with Crippen LogP contribution in [0.15, 0.2) is 24.3 Å². The maximum Gasteiger partial charge on any atom is 0.224 e. The Balaban J connectivity index is 1.66. The monoisotopic (exact) mass is 388 g/mol. The number of halogens is 1. The molecule has 1 aromatic carbocycles. The van der Waals surface area contributed by atoms with Gasteiger partial charge in [0.15, 0.2) is 0 Å². The molecule has 1 heterocycles. The molecule has 3 rings (SSSR count). The molecule has 3 unspecified atom stereocenters. The van der Waals surface area contributed by atoms with Crippen molar-refractivity contribution < 1.29 is 9.18 Å². The first-order chi connectivity index (χ1) is 13.5. The lowest BCUT2D eigenvalue weighted by atomic mass is 9.74. The number of piperidine rings is 1. The van der Waals surface area contributed by atoms with E-state index < -0.39 is 0 Å². The first kappa shape index (κ1) is 21.3. The number of hydrogen-bond donors (Lipinski definition) is 0. The molecule has 28 heavy (non-hydrogen) atoms. The molecule has 1 saturated carbocycles. The lowest BCUT2D eigenvalue weighted by molar-refractivity contribution is -0.117. The molecular formula is C24H37FN2O. The summed E-state index contributed by atoms with van der Waals surface area (Å²) in [6.07, 6.45) is 10.1. The number of likely N-dealkylation sites (tertiary alicyclic amines) is 1. The highest BCUT2D eigenvalue weighted by molar-refractivity contribution is 5.92. The third kappa shape index (κ3) is 4.94. The molecule has 4 heteroatoms. The highest BCUT2D eigenvalue weighted by Crippen LogP contribution is 2.37. The minimum absolute atomic E-state index is 0.0527. The van der Waals surface area contributed by atoms with Crippen molar-refractivity contribution >= 4 is 11.6 Å². The van der Waals surface area contributed by atoms with Gasteiger partial charge >= 0.3 is 0 Å². The Bertz CT molecular complexity index is 624. The van der Waals surface area contributed by atoms with Crippen LogP contribution in [0.1, 0.15) is 72.1 Å². The van der Waals surface area contributed by atoms with E-state index in [0.717, 1.165) is 43.5 Å². The molecule has 1 saturated heterocycles. The van der Waals surface area contributed by atoms with Gasteiger partial charge in [0, 0.05) is 37.8 Å². The van der Waals surface area contributed by atoms with E-state index >= 15 is 0 Å². The second-order valence-corrected chi connectivity index (χ2v) is 8.93. The number of unbranched alkanes of at least 4 members (excludes halogenated alkanes) is 1. The van der Waals surface area contributed by atoms with Crippen LogP contribution >= 0.6 is 0 Å². The lowest BCUT2D eigenvalue weighted by Crippen LogP contribution is -2.54. The Morgan fingerprint density at radius 3 is 2.43 bits per heavy atom. The highest BCUT2D eigenvalue weighted by Gasteiger charge is 2.37. The topological polar surface area (TPSA) is 23.6 Å². The molecule has 0 aromatic heterocycles. The normalized spacial score (nSPS) is 26.9. The van der Waals surface area contributed by atoms with E-state index in [0.29, 0.717) is 6.04 Å². The van der Waals surface area contributed by atoms with Crippen molar-refractivity contribution in [1.29, 1.82) is 0 Å². The summed E-state index contributed by atoms with van der Waals surface area (Å²) < 4.78 is 13.3. The molecule has 3 nitrogen and oxygen atoms in total. The molecule has 2 aliphatic rings. The van der Waals surface area contributed by atoms with Crippen molar-refractivity contribution in [3.63, 3.8) is 0 Å². The highest BCUT2D eigenvalue weighted by atomic mass is 19.1. The van der Waals surface area contributed by atoms with Crippen LogP contribution in [0.4, 0.5) is 10.1 Å². The summed E-state index contributed by atoms with van der Waals surface area (Å²) >= 11 is 0. The molecule has 1 amide bonds. The zero-order valence-electron chi connectivity index (χ0n) is 17.9. The van der Waals surface area contributed by atoms with Gasteiger partial charge in [0.1, 0.15) is 5.82 Å². The van der Waals surface area contributed by atoms with E-state index in [1.165, 1.54) is 50.7 Å². The SMILES string of the molecule is CCCCC1CCCC(C)C1N1CCC(N(C(C)=O)c2ccc(F)cc2)CC1. The third-order valence-electron chi connectivity index (χ3n) is 6.96. The summed E-state index contributed by atoms with van der Waals surface area (Å²) in [7, 11) is 0. The second-order valence-electron chi connectivity index (χ2n) is 8.93. The summed E-state index contributed by atoms with van der Waals surface area (Å²) in [6.45, 7) is 8.48. The van der Waals surface area contributed by atoms with Crippen molar-refractivity contribution in [3.05, 3.63) is 30.1 Å². The van der Waals surface area contributed by atoms with Crippen LogP contribution in [0.2, 0.25) is 0 Å². The first-order valence-electron chi connectivity index (χ1n) is 11.3. The van der Waals surface area contributed by atoms with Crippen molar-refractivity contribution in [3.8, 4) is 0 Å². The summed E-state index contributed by atoms with van der Waals surface area (Å²) in [5.74, 6) is 1.40. The van der Waals surface area contributed by atoms with Gasteiger partial charge < -0.3 is 4.90 Å². The zero-order valence-corrected chi connectivity index (χ0v) is 17.9. The molecule has 1 aromatic rings. The van der Waals surface area contributed by atoms with Gasteiger partial charge in [-0.3, -0.25) is 9.69 Å². The Morgan fingerprint density at radius 1 is 1.14 bits per heavy atom. The number of benzene rings is 1. The molecule has 1 aliphatic carbocycles. The molecule has 0 N–H and O–H groups in total. The van der Waals surface area contributed by atoms with Crippen molar-refractivity contribution in [2.75, 3.05) is 18.0 Å². The minimum Gasteiger partial charge on any atom is -0.310 e. The average Bonchev–Trinajstić information content (AvgIpc) is 2.68. The summed E-state index contributed by atoms with van der Waals surface area (Å²) in [5, 5.41) is 0. The largest absolute Gasteiger partial charge is 0.310 e. The number of amides is 1. The van der Waals surface area contributed by atoms with Crippen LogP contribution < -0.4 is 4.90 Å². The minimum atomic E-state index is -0.258. The fourth-order valence-electron chi connectivity index (χ4n) is 5.64. The van der Waals surface area contributed by atoms with Gasteiger partial charge in [0.05, 0.1) is 0 Å². The Morgan fingerprint density at radius 2 is 1.82 bits per heavy atom. The van der Waals surface area contributed by atoms with E-state index in [1.54, 1.807) is 19.1 Å². The number of hydrogen-bond acceptors (Lipinski definition) is 2. The van der Waals surface area contributed by atoms with Gasteiger partial charge in [0.2, 0.25) is 5.91 Å². The quantitative estimate of drug-likeness (QED) is 0.630. The Kier molecular flexibility index (Phi) is 7.50. The fourth-order valence-corrected chi connectivity index (χ4v) is 5.64. The Hall–Kier alpha value is -1.42. The fraction of sp³-hybridized carbons (Fsp3) is 0.708. The van der Waals surface area contributed by atoms with E-state index in [-0.39, 0.29) is 17.8 Å². The van der Waals surface area contributed by atoms with Gasteiger partial charge in [-0.25, -0.2) is 4.39 Å². The summed E-state index contributed by atoms with van der Waals surface area (Å²) in [6, 6.07) is 7.27. The molecule has 0 bridgehead atoms. The third-order valence-corrected chi connectivity index (χ3v) is 6.96. The van der Waals surface area contributed by atoms with Crippen LogP contribution in [0, 0.1) is 17.7 Å². The smallest absolute Gasteiger partial charge is 0.224 e.